The molecule has 0 saturated heterocycles. The summed E-state index contributed by atoms with van der Waals surface area (Å²) in [5.41, 5.74) is 6.32. The summed E-state index contributed by atoms with van der Waals surface area (Å²) in [5.74, 6) is 3.27. The van der Waals surface area contributed by atoms with Crippen LogP contribution in [0.1, 0.15) is 12.1 Å². The van der Waals surface area contributed by atoms with Crippen LogP contribution in [0.25, 0.3) is 11.0 Å². The van der Waals surface area contributed by atoms with E-state index in [-0.39, 0.29) is 0 Å². The van der Waals surface area contributed by atoms with Crippen LogP contribution in [0.5, 0.6) is 0 Å². The van der Waals surface area contributed by atoms with Gasteiger partial charge in [-0.1, -0.05) is 31.8 Å². The zero-order valence-corrected chi connectivity index (χ0v) is 12.2. The van der Waals surface area contributed by atoms with Crippen molar-refractivity contribution in [3.63, 3.8) is 0 Å². The Balaban J connectivity index is 2.06. The molecule has 1 aromatic carbocycles. The van der Waals surface area contributed by atoms with E-state index in [1.54, 1.807) is 0 Å². The SMILES string of the molecule is C[Si](C)(C)C#CCCc1cnc2ccccc2n1. The summed E-state index contributed by atoms with van der Waals surface area (Å²) >= 11 is 0. The normalized spacial score (nSPS) is 11.1. The van der Waals surface area contributed by atoms with Gasteiger partial charge in [0.15, 0.2) is 0 Å². The maximum atomic E-state index is 4.59. The quantitative estimate of drug-likeness (QED) is 0.606. The molecule has 0 aliphatic rings. The average Bonchev–Trinajstić information content (AvgIpc) is 2.33. The molecular formula is C15H18N2Si. The Morgan fingerprint density at radius 2 is 1.83 bits per heavy atom. The van der Waals surface area contributed by atoms with Crippen molar-refractivity contribution < 1.29 is 0 Å². The number of fused-ring (bicyclic) bond motifs is 1. The van der Waals surface area contributed by atoms with Crippen molar-refractivity contribution in [3.8, 4) is 11.5 Å². The molecule has 1 aromatic heterocycles. The van der Waals surface area contributed by atoms with Crippen molar-refractivity contribution in [2.24, 2.45) is 0 Å². The third kappa shape index (κ3) is 3.68. The first-order chi connectivity index (χ1) is 8.54. The Morgan fingerprint density at radius 3 is 2.56 bits per heavy atom. The van der Waals surface area contributed by atoms with Gasteiger partial charge in [-0.25, -0.2) is 4.98 Å². The van der Waals surface area contributed by atoms with Gasteiger partial charge in [0.1, 0.15) is 8.07 Å². The minimum absolute atomic E-state index is 0.872. The summed E-state index contributed by atoms with van der Waals surface area (Å²) in [5, 5.41) is 0. The first-order valence-corrected chi connectivity index (χ1v) is 9.75. The number of hydrogen-bond donors (Lipinski definition) is 0. The molecule has 0 aliphatic carbocycles. The molecule has 0 fully saturated rings. The van der Waals surface area contributed by atoms with Crippen LogP contribution in [0.3, 0.4) is 0 Å². The topological polar surface area (TPSA) is 25.8 Å². The Hall–Kier alpha value is -1.66. The lowest BCUT2D eigenvalue weighted by Gasteiger charge is -2.03. The van der Waals surface area contributed by atoms with Crippen LogP contribution in [0, 0.1) is 11.5 Å². The van der Waals surface area contributed by atoms with Crippen LogP contribution >= 0.6 is 0 Å². The number of benzene rings is 1. The van der Waals surface area contributed by atoms with Gasteiger partial charge in [-0.05, 0) is 12.1 Å². The van der Waals surface area contributed by atoms with Crippen LogP contribution in [0.4, 0.5) is 0 Å². The minimum atomic E-state index is -1.24. The van der Waals surface area contributed by atoms with Crippen molar-refractivity contribution >= 4 is 19.1 Å². The molecule has 1 heterocycles. The lowest BCUT2D eigenvalue weighted by molar-refractivity contribution is 0.960. The van der Waals surface area contributed by atoms with E-state index in [1.807, 2.05) is 30.5 Å². The summed E-state index contributed by atoms with van der Waals surface area (Å²) in [4.78, 5) is 9.00. The van der Waals surface area contributed by atoms with E-state index in [4.69, 9.17) is 0 Å². The van der Waals surface area contributed by atoms with E-state index >= 15 is 0 Å². The van der Waals surface area contributed by atoms with Gasteiger partial charge in [0.05, 0.1) is 16.7 Å². The molecule has 0 radical (unpaired) electrons. The average molecular weight is 254 g/mol. The number of para-hydroxylation sites is 2. The second-order valence-electron chi connectivity index (χ2n) is 5.40. The summed E-state index contributed by atoms with van der Waals surface area (Å²) in [6.45, 7) is 6.78. The Bertz CT molecular complexity index is 603. The third-order valence-electron chi connectivity index (χ3n) is 2.47. The van der Waals surface area contributed by atoms with E-state index in [9.17, 15) is 0 Å². The molecule has 2 rings (SSSR count). The van der Waals surface area contributed by atoms with Crippen molar-refractivity contribution in [2.45, 2.75) is 32.5 Å². The second-order valence-corrected chi connectivity index (χ2v) is 10.2. The molecule has 0 unspecified atom stereocenters. The molecule has 0 aliphatic heterocycles. The fourth-order valence-electron chi connectivity index (χ4n) is 1.63. The fourth-order valence-corrected chi connectivity index (χ4v) is 2.29. The number of nitrogens with zero attached hydrogens (tertiary/aromatic N) is 2. The molecule has 2 nitrogen and oxygen atoms in total. The Morgan fingerprint density at radius 1 is 1.11 bits per heavy atom. The van der Waals surface area contributed by atoms with Gasteiger partial charge in [-0.15, -0.1) is 11.5 Å². The predicted octanol–water partition coefficient (Wildman–Crippen LogP) is 3.44. The number of aryl methyl sites for hydroxylation is 1. The van der Waals surface area contributed by atoms with Gasteiger partial charge in [0.2, 0.25) is 0 Å². The van der Waals surface area contributed by atoms with E-state index < -0.39 is 8.07 Å². The van der Waals surface area contributed by atoms with Crippen LogP contribution < -0.4 is 0 Å². The van der Waals surface area contributed by atoms with Crippen molar-refractivity contribution in [1.29, 1.82) is 0 Å². The lowest BCUT2D eigenvalue weighted by Crippen LogP contribution is -2.16. The van der Waals surface area contributed by atoms with Gasteiger partial charge < -0.3 is 0 Å². The van der Waals surface area contributed by atoms with Gasteiger partial charge in [-0.2, -0.15) is 0 Å². The number of aromatic nitrogens is 2. The summed E-state index contributed by atoms with van der Waals surface area (Å²) in [6.07, 6.45) is 3.62. The first-order valence-electron chi connectivity index (χ1n) is 6.25. The van der Waals surface area contributed by atoms with Gasteiger partial charge >= 0.3 is 0 Å². The van der Waals surface area contributed by atoms with Crippen molar-refractivity contribution in [1.82, 2.24) is 9.97 Å². The highest BCUT2D eigenvalue weighted by molar-refractivity contribution is 6.83. The van der Waals surface area contributed by atoms with Crippen molar-refractivity contribution in [2.75, 3.05) is 0 Å². The standard InChI is InChI=1S/C15H18N2Si/c1-18(2,3)11-7-6-8-13-12-16-14-9-4-5-10-15(14)17-13/h4-5,9-10,12H,6,8H2,1-3H3. The van der Waals surface area contributed by atoms with Crippen LogP contribution in [0.2, 0.25) is 19.6 Å². The maximum absolute atomic E-state index is 4.59. The molecule has 0 bridgehead atoms. The molecule has 0 amide bonds. The largest absolute Gasteiger partial charge is 0.253 e. The third-order valence-corrected chi connectivity index (χ3v) is 3.39. The van der Waals surface area contributed by atoms with Crippen molar-refractivity contribution in [3.05, 3.63) is 36.2 Å². The molecular weight excluding hydrogens is 236 g/mol. The second kappa shape index (κ2) is 5.32. The molecule has 3 heteroatoms. The zero-order chi connectivity index (χ0) is 13.0. The highest BCUT2D eigenvalue weighted by Gasteiger charge is 2.07. The van der Waals surface area contributed by atoms with Crippen LogP contribution in [-0.2, 0) is 6.42 Å². The van der Waals surface area contributed by atoms with E-state index in [0.29, 0.717) is 0 Å². The molecule has 0 N–H and O–H groups in total. The summed E-state index contributed by atoms with van der Waals surface area (Å²) < 4.78 is 0. The number of rotatable bonds is 2. The lowest BCUT2D eigenvalue weighted by atomic mass is 10.2. The van der Waals surface area contributed by atoms with Gasteiger partial charge in [-0.3, -0.25) is 4.98 Å². The maximum Gasteiger partial charge on any atom is 0.129 e. The Kier molecular flexibility index (Phi) is 3.78. The Labute approximate surface area is 109 Å². The fraction of sp³-hybridized carbons (Fsp3) is 0.333. The summed E-state index contributed by atoms with van der Waals surface area (Å²) in [7, 11) is -1.24. The van der Waals surface area contributed by atoms with Gasteiger partial charge in [0, 0.05) is 19.0 Å². The van der Waals surface area contributed by atoms with E-state index in [1.165, 1.54) is 0 Å². The zero-order valence-electron chi connectivity index (χ0n) is 11.2. The van der Waals surface area contributed by atoms with Crippen LogP contribution in [-0.4, -0.2) is 18.0 Å². The predicted molar refractivity (Wildman–Crippen MR) is 79.0 cm³/mol. The van der Waals surface area contributed by atoms with Gasteiger partial charge in [0.25, 0.3) is 0 Å². The monoisotopic (exact) mass is 254 g/mol. The van der Waals surface area contributed by atoms with Crippen LogP contribution in [0.15, 0.2) is 30.5 Å². The molecule has 18 heavy (non-hydrogen) atoms. The number of hydrogen-bond acceptors (Lipinski definition) is 2. The molecule has 0 spiro atoms. The highest BCUT2D eigenvalue weighted by Crippen LogP contribution is 2.09. The molecule has 92 valence electrons. The van der Waals surface area contributed by atoms with E-state index in [0.717, 1.165) is 29.6 Å². The van der Waals surface area contributed by atoms with E-state index in [2.05, 4.69) is 41.1 Å². The molecule has 0 saturated carbocycles. The minimum Gasteiger partial charge on any atom is -0.253 e. The highest BCUT2D eigenvalue weighted by atomic mass is 28.3. The molecule has 0 atom stereocenters. The first kappa shape index (κ1) is 12.8. The summed E-state index contributed by atoms with van der Waals surface area (Å²) in [6, 6.07) is 7.96. The molecule has 2 aromatic rings. The smallest absolute Gasteiger partial charge is 0.129 e.